The van der Waals surface area contributed by atoms with Crippen molar-refractivity contribution in [3.05, 3.63) is 17.0 Å². The predicted octanol–water partition coefficient (Wildman–Crippen LogP) is 1.70. The molecule has 1 heterocycles. The largest absolute Gasteiger partial charge is 0.478 e. The first-order chi connectivity index (χ1) is 5.84. The Morgan fingerprint density at radius 1 is 1.69 bits per heavy atom. The number of aryl methyl sites for hydroxylation is 1. The summed E-state index contributed by atoms with van der Waals surface area (Å²) in [5.74, 6) is -1.48. The number of nitrogens with zero attached hydrogens (tertiary/aromatic N) is 1. The minimum atomic E-state index is -3.77. The van der Waals surface area contributed by atoms with E-state index in [1.807, 2.05) is 0 Å². The molecule has 1 aromatic rings. The van der Waals surface area contributed by atoms with E-state index in [2.05, 4.69) is 21.8 Å². The molecule has 0 aliphatic carbocycles. The van der Waals surface area contributed by atoms with Gasteiger partial charge in [-0.25, -0.2) is 4.79 Å². The second-order valence-corrected chi connectivity index (χ2v) is 2.85. The van der Waals surface area contributed by atoms with Crippen molar-refractivity contribution in [3.8, 4) is 0 Å². The van der Waals surface area contributed by atoms with E-state index in [1.54, 1.807) is 0 Å². The Morgan fingerprint density at radius 2 is 2.23 bits per heavy atom. The zero-order valence-corrected chi connectivity index (χ0v) is 7.19. The highest BCUT2D eigenvalue weighted by atomic mass is 35.5. The molecule has 13 heavy (non-hydrogen) atoms. The average molecular weight is 211 g/mol. The maximum atomic E-state index is 12.5. The molecule has 1 aromatic heterocycles. The normalized spacial score (nSPS) is 11.7. The van der Waals surface area contributed by atoms with Crippen molar-refractivity contribution in [2.75, 3.05) is 0 Å². The number of H-pyrrole nitrogens is 1. The second-order valence-electron chi connectivity index (χ2n) is 2.38. The Hall–Kier alpha value is -1.17. The average Bonchev–Trinajstić information content (AvgIpc) is 2.28. The van der Waals surface area contributed by atoms with E-state index >= 15 is 0 Å². The number of aromatic carboxylic acids is 1. The van der Waals surface area contributed by atoms with Crippen molar-refractivity contribution >= 4 is 17.6 Å². The lowest BCUT2D eigenvalue weighted by Gasteiger charge is -2.04. The summed E-state index contributed by atoms with van der Waals surface area (Å²) in [4.78, 5) is 10.5. The Labute approximate surface area is 76.5 Å². The van der Waals surface area contributed by atoms with Gasteiger partial charge in [0.05, 0.1) is 0 Å². The molecule has 0 aliphatic rings. The third kappa shape index (κ3) is 1.77. The van der Waals surface area contributed by atoms with Crippen LogP contribution in [0.15, 0.2) is 0 Å². The van der Waals surface area contributed by atoms with Gasteiger partial charge >= 0.3 is 11.4 Å². The zero-order valence-electron chi connectivity index (χ0n) is 6.44. The van der Waals surface area contributed by atoms with E-state index in [9.17, 15) is 13.6 Å². The number of carboxylic acids is 1. The molecule has 2 N–H and O–H groups in total. The summed E-state index contributed by atoms with van der Waals surface area (Å²) in [6.45, 7) is 1.32. The minimum Gasteiger partial charge on any atom is -0.478 e. The van der Waals surface area contributed by atoms with Gasteiger partial charge in [-0.05, 0) is 18.5 Å². The third-order valence-electron chi connectivity index (χ3n) is 1.43. The number of alkyl halides is 3. The number of rotatable bonds is 2. The predicted molar refractivity (Wildman–Crippen MR) is 40.0 cm³/mol. The lowest BCUT2D eigenvalue weighted by molar-refractivity contribution is 0.0652. The van der Waals surface area contributed by atoms with Crippen LogP contribution < -0.4 is 0 Å². The van der Waals surface area contributed by atoms with Gasteiger partial charge in [-0.3, -0.25) is 5.10 Å². The fourth-order valence-corrected chi connectivity index (χ4v) is 1.03. The van der Waals surface area contributed by atoms with Crippen LogP contribution in [-0.4, -0.2) is 21.3 Å². The van der Waals surface area contributed by atoms with Crippen LogP contribution in [0.5, 0.6) is 0 Å². The summed E-state index contributed by atoms with van der Waals surface area (Å²) in [5, 5.41) is 10.0. The summed E-state index contributed by atoms with van der Waals surface area (Å²) >= 11 is 4.64. The summed E-state index contributed by atoms with van der Waals surface area (Å²) < 4.78 is 25.0. The van der Waals surface area contributed by atoms with E-state index in [1.165, 1.54) is 6.92 Å². The Kier molecular flexibility index (Phi) is 2.25. The molecule has 7 heteroatoms. The molecule has 0 saturated carbocycles. The van der Waals surface area contributed by atoms with Crippen LogP contribution in [0.1, 0.15) is 21.7 Å². The number of carbonyl (C=O) groups is 1. The lowest BCUT2D eigenvalue weighted by atomic mass is 10.2. The fraction of sp³-hybridized carbons (Fsp3) is 0.333. The molecule has 0 amide bonds. The van der Waals surface area contributed by atoms with Gasteiger partial charge in [-0.15, -0.1) is 0 Å². The smallest absolute Gasteiger partial charge is 0.367 e. The van der Waals surface area contributed by atoms with Crippen LogP contribution in [0.25, 0.3) is 0 Å². The molecule has 1 rings (SSSR count). The highest BCUT2D eigenvalue weighted by Crippen LogP contribution is 2.33. The van der Waals surface area contributed by atoms with Gasteiger partial charge < -0.3 is 5.11 Å². The SMILES string of the molecule is Cc1[nH]nc(C(F)(F)Cl)c1C(=O)O. The number of hydrogen-bond donors (Lipinski definition) is 2. The Morgan fingerprint density at radius 3 is 2.54 bits per heavy atom. The number of hydrogen-bond acceptors (Lipinski definition) is 2. The van der Waals surface area contributed by atoms with Crippen LogP contribution >= 0.6 is 11.6 Å². The molecule has 0 atom stereocenters. The van der Waals surface area contributed by atoms with Crippen molar-refractivity contribution in [1.82, 2.24) is 10.2 Å². The van der Waals surface area contributed by atoms with Gasteiger partial charge in [-0.1, -0.05) is 0 Å². The van der Waals surface area contributed by atoms with Gasteiger partial charge in [-0.2, -0.15) is 13.9 Å². The second kappa shape index (κ2) is 2.95. The van der Waals surface area contributed by atoms with Crippen molar-refractivity contribution < 1.29 is 18.7 Å². The van der Waals surface area contributed by atoms with Gasteiger partial charge in [0.2, 0.25) is 0 Å². The third-order valence-corrected chi connectivity index (χ3v) is 1.61. The molecule has 0 aromatic carbocycles. The van der Waals surface area contributed by atoms with Crippen LogP contribution in [0.4, 0.5) is 8.78 Å². The van der Waals surface area contributed by atoms with Crippen LogP contribution in [0.3, 0.4) is 0 Å². The quantitative estimate of drug-likeness (QED) is 0.731. The molecule has 0 fully saturated rings. The van der Waals surface area contributed by atoms with Gasteiger partial charge in [0.1, 0.15) is 5.56 Å². The fourth-order valence-electron chi connectivity index (χ4n) is 0.896. The molecule has 0 saturated heterocycles. The molecule has 0 radical (unpaired) electrons. The van der Waals surface area contributed by atoms with Crippen molar-refractivity contribution in [2.24, 2.45) is 0 Å². The molecule has 4 nitrogen and oxygen atoms in total. The molecule has 72 valence electrons. The lowest BCUT2D eigenvalue weighted by Crippen LogP contribution is -2.11. The number of aromatic amines is 1. The standard InChI is InChI=1S/C6H5ClF2N2O2/c1-2-3(5(12)13)4(11-10-2)6(7,8)9/h1H3,(H,10,11)(H,12,13). The maximum Gasteiger partial charge on any atom is 0.367 e. The molecule has 0 bridgehead atoms. The Balaban J connectivity index is 3.31. The van der Waals surface area contributed by atoms with E-state index < -0.39 is 22.6 Å². The summed E-state index contributed by atoms with van der Waals surface area (Å²) in [7, 11) is 0. The van der Waals surface area contributed by atoms with Crippen LogP contribution in [0, 0.1) is 6.92 Å². The number of halogens is 3. The monoisotopic (exact) mass is 210 g/mol. The van der Waals surface area contributed by atoms with Gasteiger partial charge in [0, 0.05) is 5.69 Å². The van der Waals surface area contributed by atoms with E-state index in [-0.39, 0.29) is 5.69 Å². The first-order valence-electron chi connectivity index (χ1n) is 3.19. The zero-order chi connectivity index (χ0) is 10.2. The van der Waals surface area contributed by atoms with E-state index in [0.717, 1.165) is 0 Å². The summed E-state index contributed by atoms with van der Waals surface area (Å²) in [6, 6.07) is 0. The first-order valence-corrected chi connectivity index (χ1v) is 3.57. The highest BCUT2D eigenvalue weighted by molar-refractivity contribution is 6.22. The van der Waals surface area contributed by atoms with E-state index in [0.29, 0.717) is 0 Å². The number of carboxylic acid groups (broad SMARTS) is 1. The van der Waals surface area contributed by atoms with Crippen molar-refractivity contribution in [3.63, 3.8) is 0 Å². The van der Waals surface area contributed by atoms with Crippen LogP contribution in [-0.2, 0) is 5.38 Å². The number of aromatic nitrogens is 2. The van der Waals surface area contributed by atoms with Gasteiger partial charge in [0.25, 0.3) is 0 Å². The summed E-state index contributed by atoms with van der Waals surface area (Å²) in [6.07, 6.45) is 0. The first kappa shape index (κ1) is 9.91. The molecule has 0 spiro atoms. The van der Waals surface area contributed by atoms with Crippen molar-refractivity contribution in [2.45, 2.75) is 12.3 Å². The highest BCUT2D eigenvalue weighted by Gasteiger charge is 2.37. The van der Waals surface area contributed by atoms with Crippen molar-refractivity contribution in [1.29, 1.82) is 0 Å². The molecular weight excluding hydrogens is 206 g/mol. The Bertz CT molecular complexity index is 345. The minimum absolute atomic E-state index is 0.0443. The number of nitrogens with one attached hydrogen (secondary N) is 1. The summed E-state index contributed by atoms with van der Waals surface area (Å²) in [5.41, 5.74) is -1.50. The van der Waals surface area contributed by atoms with E-state index in [4.69, 9.17) is 5.11 Å². The molecular formula is C6H5ClF2N2O2. The van der Waals surface area contributed by atoms with Crippen LogP contribution in [0.2, 0.25) is 0 Å². The molecule has 0 aliphatic heterocycles. The van der Waals surface area contributed by atoms with Gasteiger partial charge in [0.15, 0.2) is 5.69 Å². The maximum absolute atomic E-state index is 12.5. The topological polar surface area (TPSA) is 66.0 Å². The molecule has 0 unspecified atom stereocenters.